The van der Waals surface area contributed by atoms with E-state index in [1.54, 1.807) is 35.1 Å². The number of halogens is 4. The van der Waals surface area contributed by atoms with Crippen LogP contribution in [0.25, 0.3) is 10.9 Å². The first-order valence-corrected chi connectivity index (χ1v) is 16.7. The van der Waals surface area contributed by atoms with Crippen molar-refractivity contribution in [2.75, 3.05) is 30.0 Å². The van der Waals surface area contributed by atoms with Crippen molar-refractivity contribution in [3.63, 3.8) is 0 Å². The maximum Gasteiger partial charge on any atom is 0.211 e. The molecule has 5 aromatic rings. The number of fused-ring (bicyclic) bond motifs is 1. The van der Waals surface area contributed by atoms with Gasteiger partial charge < -0.3 is 10.6 Å². The van der Waals surface area contributed by atoms with E-state index in [2.05, 4.69) is 32.0 Å². The zero-order chi connectivity index (χ0) is 32.6. The molecule has 1 atom stereocenters. The van der Waals surface area contributed by atoms with E-state index in [0.717, 1.165) is 0 Å². The van der Waals surface area contributed by atoms with Crippen LogP contribution in [0.15, 0.2) is 67.0 Å². The summed E-state index contributed by atoms with van der Waals surface area (Å²) in [5.74, 6) is -0.982. The van der Waals surface area contributed by atoms with Gasteiger partial charge in [0, 0.05) is 35.4 Å². The largest absolute Gasteiger partial charge is 0.371 e. The van der Waals surface area contributed by atoms with Gasteiger partial charge in [-0.15, -0.1) is 5.10 Å². The van der Waals surface area contributed by atoms with Crippen molar-refractivity contribution in [3.05, 3.63) is 105 Å². The molecule has 0 spiro atoms. The van der Waals surface area contributed by atoms with Gasteiger partial charge in [-0.1, -0.05) is 40.5 Å². The number of benzene rings is 3. The first-order valence-electron chi connectivity index (χ1n) is 14.1. The molecule has 0 amide bonds. The molecule has 1 aliphatic heterocycles. The number of pyridine rings is 1. The Morgan fingerprint density at radius 1 is 1.07 bits per heavy atom. The van der Waals surface area contributed by atoms with E-state index in [1.165, 1.54) is 47.1 Å². The third kappa shape index (κ3) is 6.61. The number of anilines is 3. The van der Waals surface area contributed by atoms with Crippen LogP contribution in [0.1, 0.15) is 41.7 Å². The Morgan fingerprint density at radius 2 is 1.80 bits per heavy atom. The molecule has 1 fully saturated rings. The molecule has 1 aliphatic rings. The van der Waals surface area contributed by atoms with Gasteiger partial charge in [0.1, 0.15) is 23.4 Å². The molecule has 0 bridgehead atoms. The highest BCUT2D eigenvalue weighted by atomic mass is 35.5. The standard InChI is InChI=1S/C31H26Cl2F2N8O2S/c1-46(44,45)42-10-8-23(9-11-42)43-17-28(40-41-43)30(18-2-4-21(34)5-3-18)39-27-13-20(32)12-24-29(19(15-36)16-37-31(24)27)38-22-6-7-26(35)25(33)14-22/h2-7,12-14,16-17,23,30,39H,8-11H2,1H3,(H,37,38). The molecule has 0 aliphatic carbocycles. The number of sulfonamides is 1. The molecule has 2 aromatic heterocycles. The molecular weight excluding hydrogens is 657 g/mol. The van der Waals surface area contributed by atoms with Crippen molar-refractivity contribution < 1.29 is 17.2 Å². The van der Waals surface area contributed by atoms with Crippen molar-refractivity contribution >= 4 is 61.2 Å². The van der Waals surface area contributed by atoms with Crippen LogP contribution in [0.2, 0.25) is 10.0 Å². The second kappa shape index (κ2) is 12.8. The van der Waals surface area contributed by atoms with Crippen LogP contribution in [0.3, 0.4) is 0 Å². The summed E-state index contributed by atoms with van der Waals surface area (Å²) in [7, 11) is -3.28. The highest BCUT2D eigenvalue weighted by Crippen LogP contribution is 2.38. The number of piperidine rings is 1. The summed E-state index contributed by atoms with van der Waals surface area (Å²) >= 11 is 12.6. The lowest BCUT2D eigenvalue weighted by atomic mass is 10.0. The number of nitrogens with one attached hydrogen (secondary N) is 2. The molecule has 0 saturated carbocycles. The zero-order valence-corrected chi connectivity index (χ0v) is 26.6. The molecule has 46 heavy (non-hydrogen) atoms. The lowest BCUT2D eigenvalue weighted by Crippen LogP contribution is -2.38. The Bertz CT molecular complexity index is 2080. The van der Waals surface area contributed by atoms with Gasteiger partial charge >= 0.3 is 0 Å². The van der Waals surface area contributed by atoms with Crippen LogP contribution >= 0.6 is 23.2 Å². The zero-order valence-electron chi connectivity index (χ0n) is 24.3. The van der Waals surface area contributed by atoms with E-state index in [9.17, 15) is 22.5 Å². The summed E-state index contributed by atoms with van der Waals surface area (Å²) in [4.78, 5) is 4.56. The van der Waals surface area contributed by atoms with Crippen molar-refractivity contribution in [1.29, 1.82) is 5.26 Å². The third-order valence-electron chi connectivity index (χ3n) is 7.84. The number of hydrogen-bond donors (Lipinski definition) is 2. The number of hydrogen-bond acceptors (Lipinski definition) is 8. The molecule has 1 unspecified atom stereocenters. The minimum atomic E-state index is -3.28. The Labute approximate surface area is 273 Å². The van der Waals surface area contributed by atoms with Crippen molar-refractivity contribution in [2.45, 2.75) is 24.9 Å². The van der Waals surface area contributed by atoms with Crippen LogP contribution < -0.4 is 10.6 Å². The average molecular weight is 684 g/mol. The van der Waals surface area contributed by atoms with E-state index >= 15 is 0 Å². The smallest absolute Gasteiger partial charge is 0.211 e. The normalized spacial score (nSPS) is 15.0. The first kappa shape index (κ1) is 31.6. The van der Waals surface area contributed by atoms with Gasteiger partial charge in [0.05, 0.1) is 52.0 Å². The number of rotatable bonds is 8. The molecule has 2 N–H and O–H groups in total. The Kier molecular flexibility index (Phi) is 8.80. The molecule has 6 rings (SSSR count). The quantitative estimate of drug-likeness (QED) is 0.182. The van der Waals surface area contributed by atoms with Gasteiger partial charge in [-0.3, -0.25) is 4.98 Å². The lowest BCUT2D eigenvalue weighted by molar-refractivity contribution is 0.259. The summed E-state index contributed by atoms with van der Waals surface area (Å²) in [6.45, 7) is 0.757. The summed E-state index contributed by atoms with van der Waals surface area (Å²) in [5.41, 5.74) is 3.24. The van der Waals surface area contributed by atoms with Crippen LogP contribution in [0.4, 0.5) is 25.8 Å². The van der Waals surface area contributed by atoms with Crippen LogP contribution in [-0.2, 0) is 10.0 Å². The predicted octanol–water partition coefficient (Wildman–Crippen LogP) is 6.82. The summed E-state index contributed by atoms with van der Waals surface area (Å²) in [6, 6.07) is 14.9. The predicted molar refractivity (Wildman–Crippen MR) is 173 cm³/mol. The van der Waals surface area contributed by atoms with E-state index in [4.69, 9.17) is 23.2 Å². The Hall–Kier alpha value is -4.35. The highest BCUT2D eigenvalue weighted by molar-refractivity contribution is 7.88. The highest BCUT2D eigenvalue weighted by Gasteiger charge is 2.28. The second-order valence-electron chi connectivity index (χ2n) is 10.9. The molecular formula is C31H26Cl2F2N8O2S. The van der Waals surface area contributed by atoms with Gasteiger partial charge in [0.2, 0.25) is 10.0 Å². The van der Waals surface area contributed by atoms with Gasteiger partial charge in [0.15, 0.2) is 0 Å². The topological polar surface area (TPSA) is 129 Å². The Balaban J connectivity index is 1.38. The summed E-state index contributed by atoms with van der Waals surface area (Å²) < 4.78 is 54.9. The maximum atomic E-state index is 14.0. The van der Waals surface area contributed by atoms with Crippen LogP contribution in [0, 0.1) is 23.0 Å². The average Bonchev–Trinajstić information content (AvgIpc) is 3.52. The van der Waals surface area contributed by atoms with E-state index in [1.807, 2.05) is 0 Å². The molecule has 1 saturated heterocycles. The monoisotopic (exact) mass is 682 g/mol. The SMILES string of the molecule is CS(=O)(=O)N1CCC(n2cc(C(Nc3cc(Cl)cc4c(Nc5ccc(F)c(Cl)c5)c(C#N)cnc34)c3ccc(F)cc3)nn2)CC1. The maximum absolute atomic E-state index is 14.0. The minimum Gasteiger partial charge on any atom is -0.371 e. The van der Waals surface area contributed by atoms with Gasteiger partial charge in [-0.25, -0.2) is 26.2 Å². The third-order valence-corrected chi connectivity index (χ3v) is 9.65. The summed E-state index contributed by atoms with van der Waals surface area (Å²) in [5, 5.41) is 26.1. The fourth-order valence-electron chi connectivity index (χ4n) is 5.49. The fourth-order valence-corrected chi connectivity index (χ4v) is 6.77. The van der Waals surface area contributed by atoms with Crippen LogP contribution in [-0.4, -0.2) is 52.0 Å². The molecule has 15 heteroatoms. The van der Waals surface area contributed by atoms with Crippen LogP contribution in [0.5, 0.6) is 0 Å². The van der Waals surface area contributed by atoms with Gasteiger partial charge in [-0.05, 0) is 60.9 Å². The first-order chi connectivity index (χ1) is 22.0. The molecule has 3 heterocycles. The van der Waals surface area contributed by atoms with Crippen molar-refractivity contribution in [1.82, 2.24) is 24.3 Å². The van der Waals surface area contributed by atoms with Gasteiger partial charge in [0.25, 0.3) is 0 Å². The Morgan fingerprint density at radius 3 is 2.48 bits per heavy atom. The molecule has 3 aromatic carbocycles. The number of nitriles is 1. The minimum absolute atomic E-state index is 0.0558. The molecule has 0 radical (unpaired) electrons. The van der Waals surface area contributed by atoms with Crippen molar-refractivity contribution in [3.8, 4) is 6.07 Å². The van der Waals surface area contributed by atoms with Crippen molar-refractivity contribution in [2.24, 2.45) is 0 Å². The molecule has 10 nitrogen and oxygen atoms in total. The molecule has 236 valence electrons. The van der Waals surface area contributed by atoms with E-state index in [0.29, 0.717) is 70.2 Å². The number of nitrogens with zero attached hydrogens (tertiary/aromatic N) is 6. The number of aromatic nitrogens is 4. The second-order valence-corrected chi connectivity index (χ2v) is 13.7. The van der Waals surface area contributed by atoms with E-state index < -0.39 is 27.7 Å². The summed E-state index contributed by atoms with van der Waals surface area (Å²) in [6.07, 6.45) is 5.56. The fraction of sp³-hybridized carbons (Fsp3) is 0.226. The lowest BCUT2D eigenvalue weighted by Gasteiger charge is -2.29. The van der Waals surface area contributed by atoms with Gasteiger partial charge in [-0.2, -0.15) is 5.26 Å². The van der Waals surface area contributed by atoms with E-state index in [-0.39, 0.29) is 16.6 Å².